The zero-order valence-corrected chi connectivity index (χ0v) is 22.4. The molecule has 2 heterocycles. The van der Waals surface area contributed by atoms with E-state index in [0.717, 1.165) is 48.6 Å². The molecule has 4 rings (SSSR count). The standard InChI is InChI=1S/C29H41FN2O3S/c1-35-23-9-11-28-26(19-23)25(12-14-31-28)27(30)10-8-21-13-16-32(20-22(21)18-29(33)34)15-5-17-36-24-6-3-2-4-7-24/h9,11-12,14,19,21-22,24,27H,2-8,10,13,15-18,20H2,1H3,(H,33,34)/t21-,22+,27?/m1/s1. The maximum Gasteiger partial charge on any atom is 0.303 e. The lowest BCUT2D eigenvalue weighted by molar-refractivity contribution is -0.139. The highest BCUT2D eigenvalue weighted by molar-refractivity contribution is 7.99. The molecule has 0 spiro atoms. The monoisotopic (exact) mass is 516 g/mol. The molecule has 3 atom stereocenters. The molecule has 1 unspecified atom stereocenters. The van der Waals surface area contributed by atoms with Crippen LogP contribution in [0.1, 0.15) is 75.9 Å². The lowest BCUT2D eigenvalue weighted by Gasteiger charge is -2.38. The first kappa shape index (κ1) is 27.2. The fourth-order valence-electron chi connectivity index (χ4n) is 6.03. The zero-order valence-electron chi connectivity index (χ0n) is 21.5. The van der Waals surface area contributed by atoms with Crippen LogP contribution >= 0.6 is 11.8 Å². The second-order valence-corrected chi connectivity index (χ2v) is 11.9. The molecule has 0 radical (unpaired) electrons. The van der Waals surface area contributed by atoms with Gasteiger partial charge in [0.2, 0.25) is 0 Å². The van der Waals surface area contributed by atoms with Gasteiger partial charge in [0, 0.05) is 29.8 Å². The SMILES string of the molecule is COc1ccc2nccc(C(F)CC[C@@H]3CCN(CCCSC4CCCCC4)C[C@@H]3CC(=O)O)c2c1. The fraction of sp³-hybridized carbons (Fsp3) is 0.655. The van der Waals surface area contributed by atoms with Crippen molar-refractivity contribution in [1.82, 2.24) is 9.88 Å². The lowest BCUT2D eigenvalue weighted by Crippen LogP contribution is -2.42. The van der Waals surface area contributed by atoms with E-state index >= 15 is 4.39 Å². The molecular formula is C29H41FN2O3S. The number of benzene rings is 1. The summed E-state index contributed by atoms with van der Waals surface area (Å²) in [7, 11) is 1.61. The lowest BCUT2D eigenvalue weighted by atomic mass is 9.79. The molecular weight excluding hydrogens is 475 g/mol. The van der Waals surface area contributed by atoms with Gasteiger partial charge in [-0.2, -0.15) is 11.8 Å². The number of fused-ring (bicyclic) bond motifs is 1. The Bertz CT molecular complexity index is 984. The second kappa shape index (κ2) is 13.6. The Morgan fingerprint density at radius 3 is 2.83 bits per heavy atom. The van der Waals surface area contributed by atoms with Crippen molar-refractivity contribution in [3.05, 3.63) is 36.0 Å². The van der Waals surface area contributed by atoms with Crippen molar-refractivity contribution in [1.29, 1.82) is 0 Å². The molecule has 36 heavy (non-hydrogen) atoms. The molecule has 7 heteroatoms. The Hall–Kier alpha value is -1.86. The van der Waals surface area contributed by atoms with Crippen molar-refractivity contribution < 1.29 is 19.0 Å². The Kier molecular flexibility index (Phi) is 10.3. The molecule has 1 aliphatic carbocycles. The highest BCUT2D eigenvalue weighted by Crippen LogP contribution is 2.36. The molecule has 1 N–H and O–H groups in total. The molecule has 0 amide bonds. The fourth-order valence-corrected chi connectivity index (χ4v) is 7.32. The number of nitrogens with zero attached hydrogens (tertiary/aromatic N) is 2. The maximum absolute atomic E-state index is 15.5. The van der Waals surface area contributed by atoms with Gasteiger partial charge in [-0.15, -0.1) is 0 Å². The van der Waals surface area contributed by atoms with Gasteiger partial charge >= 0.3 is 5.97 Å². The number of methoxy groups -OCH3 is 1. The summed E-state index contributed by atoms with van der Waals surface area (Å²) >= 11 is 2.14. The maximum atomic E-state index is 15.5. The normalized spacial score (nSPS) is 22.5. The molecule has 1 saturated carbocycles. The van der Waals surface area contributed by atoms with Crippen molar-refractivity contribution in [2.24, 2.45) is 11.8 Å². The van der Waals surface area contributed by atoms with Crippen LogP contribution in [0, 0.1) is 11.8 Å². The van der Waals surface area contributed by atoms with Crippen LogP contribution < -0.4 is 4.74 Å². The van der Waals surface area contributed by atoms with Gasteiger partial charge in [0.1, 0.15) is 11.9 Å². The number of hydrogen-bond acceptors (Lipinski definition) is 5. The minimum absolute atomic E-state index is 0.0868. The first-order valence-corrected chi connectivity index (χ1v) is 14.7. The van der Waals surface area contributed by atoms with Crippen LogP contribution in [0.2, 0.25) is 0 Å². The van der Waals surface area contributed by atoms with E-state index in [1.165, 1.54) is 37.9 Å². The predicted octanol–water partition coefficient (Wildman–Crippen LogP) is 6.90. The molecule has 1 aliphatic heterocycles. The number of pyridine rings is 1. The van der Waals surface area contributed by atoms with Gasteiger partial charge in [0.25, 0.3) is 0 Å². The summed E-state index contributed by atoms with van der Waals surface area (Å²) in [5.41, 5.74) is 1.40. The molecule has 0 bridgehead atoms. The van der Waals surface area contributed by atoms with Crippen LogP contribution in [-0.4, -0.2) is 58.7 Å². The number of ether oxygens (including phenoxy) is 1. The van der Waals surface area contributed by atoms with Crippen molar-refractivity contribution in [2.45, 2.75) is 75.6 Å². The van der Waals surface area contributed by atoms with E-state index in [2.05, 4.69) is 21.6 Å². The van der Waals surface area contributed by atoms with Crippen LogP contribution in [0.3, 0.4) is 0 Å². The van der Waals surface area contributed by atoms with Crippen molar-refractivity contribution >= 4 is 28.6 Å². The number of aliphatic carboxylic acids is 1. The Labute approximate surface area is 219 Å². The summed E-state index contributed by atoms with van der Waals surface area (Å²) in [6.07, 6.45) is 10.8. The Morgan fingerprint density at radius 2 is 2.06 bits per heavy atom. The summed E-state index contributed by atoms with van der Waals surface area (Å²) in [5.74, 6) is 1.47. The number of carboxylic acid groups (broad SMARTS) is 1. The number of alkyl halides is 1. The zero-order chi connectivity index (χ0) is 25.3. The first-order valence-electron chi connectivity index (χ1n) is 13.7. The van der Waals surface area contributed by atoms with E-state index in [1.54, 1.807) is 19.4 Å². The quantitative estimate of drug-likeness (QED) is 0.310. The number of piperidine rings is 1. The summed E-state index contributed by atoms with van der Waals surface area (Å²) in [6, 6.07) is 7.31. The van der Waals surface area contributed by atoms with Gasteiger partial charge in [-0.3, -0.25) is 9.78 Å². The van der Waals surface area contributed by atoms with Crippen LogP contribution in [-0.2, 0) is 4.79 Å². The highest BCUT2D eigenvalue weighted by Gasteiger charge is 2.31. The van der Waals surface area contributed by atoms with Gasteiger partial charge < -0.3 is 14.7 Å². The van der Waals surface area contributed by atoms with E-state index in [9.17, 15) is 9.90 Å². The molecule has 2 aromatic rings. The average molecular weight is 517 g/mol. The Balaban J connectivity index is 1.29. The largest absolute Gasteiger partial charge is 0.497 e. The summed E-state index contributed by atoms with van der Waals surface area (Å²) in [4.78, 5) is 18.4. The molecule has 1 saturated heterocycles. The van der Waals surface area contributed by atoms with Gasteiger partial charge in [-0.25, -0.2) is 4.39 Å². The number of likely N-dealkylation sites (tertiary alicyclic amines) is 1. The summed E-state index contributed by atoms with van der Waals surface area (Å²) in [5, 5.41) is 11.2. The minimum atomic E-state index is -1.11. The number of hydrogen-bond donors (Lipinski definition) is 1. The third-order valence-electron chi connectivity index (χ3n) is 8.05. The summed E-state index contributed by atoms with van der Waals surface area (Å²) in [6.45, 7) is 2.84. The molecule has 5 nitrogen and oxygen atoms in total. The van der Waals surface area contributed by atoms with Crippen molar-refractivity contribution in [2.75, 3.05) is 32.5 Å². The third kappa shape index (κ3) is 7.58. The molecule has 1 aromatic carbocycles. The molecule has 1 aromatic heterocycles. The van der Waals surface area contributed by atoms with E-state index in [4.69, 9.17) is 4.74 Å². The predicted molar refractivity (Wildman–Crippen MR) is 146 cm³/mol. The van der Waals surface area contributed by atoms with Gasteiger partial charge in [-0.05, 0) is 99.0 Å². The minimum Gasteiger partial charge on any atom is -0.497 e. The smallest absolute Gasteiger partial charge is 0.303 e. The molecule has 2 aliphatic rings. The second-order valence-electron chi connectivity index (χ2n) is 10.5. The van der Waals surface area contributed by atoms with Gasteiger partial charge in [0.05, 0.1) is 12.6 Å². The van der Waals surface area contributed by atoms with Crippen LogP contribution in [0.15, 0.2) is 30.5 Å². The van der Waals surface area contributed by atoms with Crippen LogP contribution in [0.25, 0.3) is 10.9 Å². The van der Waals surface area contributed by atoms with E-state index in [1.807, 2.05) is 18.2 Å². The number of carboxylic acids is 1. The number of carbonyl (C=O) groups is 1. The number of halogens is 1. The van der Waals surface area contributed by atoms with Crippen molar-refractivity contribution in [3.63, 3.8) is 0 Å². The molecule has 198 valence electrons. The van der Waals surface area contributed by atoms with Crippen molar-refractivity contribution in [3.8, 4) is 5.75 Å². The molecule has 2 fully saturated rings. The first-order chi connectivity index (χ1) is 17.5. The van der Waals surface area contributed by atoms with E-state index < -0.39 is 12.1 Å². The number of aromatic nitrogens is 1. The number of rotatable bonds is 12. The van der Waals surface area contributed by atoms with E-state index in [-0.39, 0.29) is 18.3 Å². The highest BCUT2D eigenvalue weighted by atomic mass is 32.2. The van der Waals surface area contributed by atoms with Crippen LogP contribution in [0.5, 0.6) is 5.75 Å². The van der Waals surface area contributed by atoms with Gasteiger partial charge in [0.15, 0.2) is 0 Å². The third-order valence-corrected chi connectivity index (χ3v) is 9.51. The number of thioether (sulfide) groups is 1. The summed E-state index contributed by atoms with van der Waals surface area (Å²) < 4.78 is 20.8. The topological polar surface area (TPSA) is 62.7 Å². The van der Waals surface area contributed by atoms with E-state index in [0.29, 0.717) is 24.2 Å². The van der Waals surface area contributed by atoms with Crippen LogP contribution in [0.4, 0.5) is 4.39 Å². The van der Waals surface area contributed by atoms with Gasteiger partial charge in [-0.1, -0.05) is 19.3 Å². The average Bonchev–Trinajstić information content (AvgIpc) is 2.90. The Morgan fingerprint density at radius 1 is 1.22 bits per heavy atom.